The fourth-order valence-corrected chi connectivity index (χ4v) is 3.93. The van der Waals surface area contributed by atoms with Gasteiger partial charge in [0.1, 0.15) is 0 Å². The van der Waals surface area contributed by atoms with Gasteiger partial charge in [-0.05, 0) is 36.7 Å². The molecule has 1 atom stereocenters. The van der Waals surface area contributed by atoms with Crippen molar-refractivity contribution in [2.45, 2.75) is 40.0 Å². The topological polar surface area (TPSA) is 20.3 Å². The molecule has 18 heavy (non-hydrogen) atoms. The van der Waals surface area contributed by atoms with Crippen LogP contribution in [0.3, 0.4) is 0 Å². The Kier molecular flexibility index (Phi) is 4.10. The summed E-state index contributed by atoms with van der Waals surface area (Å²) >= 11 is 1.77. The smallest absolute Gasteiger partial charge is 0.254 e. The zero-order chi connectivity index (χ0) is 13.3. The van der Waals surface area contributed by atoms with Crippen molar-refractivity contribution < 1.29 is 4.79 Å². The maximum Gasteiger partial charge on any atom is 0.254 e. The van der Waals surface area contributed by atoms with Crippen LogP contribution in [0.2, 0.25) is 0 Å². The molecule has 3 heteroatoms. The van der Waals surface area contributed by atoms with Gasteiger partial charge in [0.15, 0.2) is 0 Å². The van der Waals surface area contributed by atoms with E-state index in [1.807, 2.05) is 11.9 Å². The van der Waals surface area contributed by atoms with Gasteiger partial charge < -0.3 is 4.90 Å². The summed E-state index contributed by atoms with van der Waals surface area (Å²) in [6.45, 7) is 7.43. The van der Waals surface area contributed by atoms with Crippen molar-refractivity contribution in [3.63, 3.8) is 0 Å². The molecule has 0 spiro atoms. The van der Waals surface area contributed by atoms with Crippen LogP contribution in [-0.4, -0.2) is 24.4 Å². The lowest BCUT2D eigenvalue weighted by Crippen LogP contribution is -2.31. The van der Waals surface area contributed by atoms with Crippen molar-refractivity contribution in [2.24, 2.45) is 11.8 Å². The molecule has 0 aliphatic heterocycles. The Morgan fingerprint density at radius 1 is 1.56 bits per heavy atom. The molecule has 0 aromatic carbocycles. The standard InChI is InChI=1S/C15H23NOS/c1-10(2)8-16(4)15(17)13-9-18-14-7-11(3)5-6-12(13)14/h9-11H,5-8H2,1-4H3. The van der Waals surface area contributed by atoms with Crippen molar-refractivity contribution in [3.05, 3.63) is 21.4 Å². The van der Waals surface area contributed by atoms with E-state index in [4.69, 9.17) is 0 Å². The molecule has 2 rings (SSSR count). The van der Waals surface area contributed by atoms with Crippen LogP contribution < -0.4 is 0 Å². The number of hydrogen-bond donors (Lipinski definition) is 0. The lowest BCUT2D eigenvalue weighted by molar-refractivity contribution is 0.0778. The molecule has 0 N–H and O–H groups in total. The number of carbonyl (C=O) groups excluding carboxylic acids is 1. The highest BCUT2D eigenvalue weighted by Crippen LogP contribution is 2.33. The largest absolute Gasteiger partial charge is 0.341 e. The SMILES string of the molecule is CC(C)CN(C)C(=O)c1csc2c1CCC(C)C2. The van der Waals surface area contributed by atoms with Gasteiger partial charge in [0.05, 0.1) is 5.56 Å². The van der Waals surface area contributed by atoms with Gasteiger partial charge in [-0.2, -0.15) is 0 Å². The highest BCUT2D eigenvalue weighted by molar-refractivity contribution is 7.10. The van der Waals surface area contributed by atoms with Gasteiger partial charge in [0.25, 0.3) is 5.91 Å². The van der Waals surface area contributed by atoms with Gasteiger partial charge in [0.2, 0.25) is 0 Å². The van der Waals surface area contributed by atoms with Crippen LogP contribution in [-0.2, 0) is 12.8 Å². The number of rotatable bonds is 3. The average molecular weight is 265 g/mol. The number of thiophene rings is 1. The van der Waals surface area contributed by atoms with Crippen LogP contribution in [0, 0.1) is 11.8 Å². The van der Waals surface area contributed by atoms with E-state index >= 15 is 0 Å². The van der Waals surface area contributed by atoms with Gasteiger partial charge in [-0.3, -0.25) is 4.79 Å². The second-order valence-corrected chi connectivity index (χ2v) is 6.94. The normalized spacial score (nSPS) is 18.8. The first-order chi connectivity index (χ1) is 8.49. The van der Waals surface area contributed by atoms with Crippen molar-refractivity contribution >= 4 is 17.2 Å². The van der Waals surface area contributed by atoms with Crippen LogP contribution in [0.4, 0.5) is 0 Å². The van der Waals surface area contributed by atoms with Crippen molar-refractivity contribution in [2.75, 3.05) is 13.6 Å². The quantitative estimate of drug-likeness (QED) is 0.817. The molecular formula is C15H23NOS. The summed E-state index contributed by atoms with van der Waals surface area (Å²) in [5.74, 6) is 1.50. The molecule has 1 amide bonds. The summed E-state index contributed by atoms with van der Waals surface area (Å²) < 4.78 is 0. The fourth-order valence-electron chi connectivity index (χ4n) is 2.69. The van der Waals surface area contributed by atoms with Crippen molar-refractivity contribution in [1.29, 1.82) is 0 Å². The second kappa shape index (κ2) is 5.43. The van der Waals surface area contributed by atoms with Crippen molar-refractivity contribution in [3.8, 4) is 0 Å². The Balaban J connectivity index is 2.17. The zero-order valence-electron chi connectivity index (χ0n) is 11.8. The van der Waals surface area contributed by atoms with Crippen LogP contribution in [0.25, 0.3) is 0 Å². The van der Waals surface area contributed by atoms with E-state index in [2.05, 4.69) is 26.2 Å². The van der Waals surface area contributed by atoms with E-state index in [0.717, 1.165) is 30.9 Å². The molecule has 1 aromatic rings. The Morgan fingerprint density at radius 2 is 2.28 bits per heavy atom. The third kappa shape index (κ3) is 2.77. The second-order valence-electron chi connectivity index (χ2n) is 5.98. The summed E-state index contributed by atoms with van der Waals surface area (Å²) in [6, 6.07) is 0. The number of hydrogen-bond acceptors (Lipinski definition) is 2. The maximum atomic E-state index is 12.4. The molecule has 1 aromatic heterocycles. The molecule has 0 bridgehead atoms. The molecular weight excluding hydrogens is 242 g/mol. The number of carbonyl (C=O) groups is 1. The van der Waals surface area contributed by atoms with Gasteiger partial charge in [-0.25, -0.2) is 0 Å². The predicted molar refractivity (Wildman–Crippen MR) is 77.3 cm³/mol. The van der Waals surface area contributed by atoms with Crippen molar-refractivity contribution in [1.82, 2.24) is 4.90 Å². The fraction of sp³-hybridized carbons (Fsp3) is 0.667. The van der Waals surface area contributed by atoms with Gasteiger partial charge in [-0.15, -0.1) is 11.3 Å². The number of nitrogens with zero attached hydrogens (tertiary/aromatic N) is 1. The third-order valence-corrected chi connectivity index (χ3v) is 4.67. The molecule has 0 saturated carbocycles. The maximum absolute atomic E-state index is 12.4. The third-order valence-electron chi connectivity index (χ3n) is 3.62. The van der Waals surface area contributed by atoms with Crippen LogP contribution in [0.5, 0.6) is 0 Å². The molecule has 1 heterocycles. The summed E-state index contributed by atoms with van der Waals surface area (Å²) in [5, 5.41) is 2.07. The minimum absolute atomic E-state index is 0.204. The predicted octanol–water partition coefficient (Wildman–Crippen LogP) is 3.60. The first-order valence-electron chi connectivity index (χ1n) is 6.83. The van der Waals surface area contributed by atoms with E-state index in [9.17, 15) is 4.79 Å². The van der Waals surface area contributed by atoms with E-state index in [0.29, 0.717) is 5.92 Å². The van der Waals surface area contributed by atoms with E-state index in [1.54, 1.807) is 11.3 Å². The minimum Gasteiger partial charge on any atom is -0.341 e. The zero-order valence-corrected chi connectivity index (χ0v) is 12.6. The van der Waals surface area contributed by atoms with Gasteiger partial charge >= 0.3 is 0 Å². The lowest BCUT2D eigenvalue weighted by atomic mass is 9.88. The summed E-state index contributed by atoms with van der Waals surface area (Å²) in [7, 11) is 1.91. The number of amides is 1. The van der Waals surface area contributed by atoms with Crippen LogP contribution in [0.1, 0.15) is 48.0 Å². The van der Waals surface area contributed by atoms with E-state index in [1.165, 1.54) is 16.9 Å². The van der Waals surface area contributed by atoms with E-state index in [-0.39, 0.29) is 5.91 Å². The van der Waals surface area contributed by atoms with Crippen LogP contribution in [0.15, 0.2) is 5.38 Å². The Labute approximate surface area is 114 Å². The Hall–Kier alpha value is -0.830. The molecule has 100 valence electrons. The van der Waals surface area contributed by atoms with E-state index < -0.39 is 0 Å². The summed E-state index contributed by atoms with van der Waals surface area (Å²) in [6.07, 6.45) is 3.45. The average Bonchev–Trinajstić information content (AvgIpc) is 2.69. The monoisotopic (exact) mass is 265 g/mol. The molecule has 0 fully saturated rings. The van der Waals surface area contributed by atoms with Crippen LogP contribution >= 0.6 is 11.3 Å². The molecule has 1 aliphatic carbocycles. The minimum atomic E-state index is 0.204. The first-order valence-corrected chi connectivity index (χ1v) is 7.71. The van der Waals surface area contributed by atoms with Gasteiger partial charge in [-0.1, -0.05) is 20.8 Å². The molecule has 1 unspecified atom stereocenters. The first kappa shape index (κ1) is 13.6. The lowest BCUT2D eigenvalue weighted by Gasteiger charge is -2.22. The highest BCUT2D eigenvalue weighted by Gasteiger charge is 2.24. The Morgan fingerprint density at radius 3 is 2.94 bits per heavy atom. The molecule has 0 saturated heterocycles. The Bertz CT molecular complexity index is 436. The highest BCUT2D eigenvalue weighted by atomic mass is 32.1. The molecule has 1 aliphatic rings. The molecule has 2 nitrogen and oxygen atoms in total. The summed E-state index contributed by atoms with van der Waals surface area (Å²) in [4.78, 5) is 15.7. The van der Waals surface area contributed by atoms with Gasteiger partial charge in [0, 0.05) is 23.8 Å². The molecule has 0 radical (unpaired) electrons. The number of fused-ring (bicyclic) bond motifs is 1. The summed E-state index contributed by atoms with van der Waals surface area (Å²) in [5.41, 5.74) is 2.30.